The summed E-state index contributed by atoms with van der Waals surface area (Å²) >= 11 is 1.43. The van der Waals surface area contributed by atoms with E-state index in [0.717, 1.165) is 5.56 Å². The normalized spacial score (nSPS) is 11.8. The van der Waals surface area contributed by atoms with Gasteiger partial charge in [-0.2, -0.15) is 0 Å². The number of nitrogens with one attached hydrogen (secondary N) is 1. The van der Waals surface area contributed by atoms with Crippen molar-refractivity contribution in [1.82, 2.24) is 15.4 Å². The minimum atomic E-state index is -0.319. The van der Waals surface area contributed by atoms with Gasteiger partial charge in [0.15, 0.2) is 5.16 Å². The van der Waals surface area contributed by atoms with Crippen LogP contribution in [0.15, 0.2) is 53.9 Å². The highest BCUT2D eigenvalue weighted by Crippen LogP contribution is 2.24. The molecule has 2 aromatic rings. The third kappa shape index (κ3) is 3.77. The number of carbonyl (C=O) groups excluding carboxylic acids is 1. The van der Waals surface area contributed by atoms with Gasteiger partial charge in [-0.1, -0.05) is 42.1 Å². The molecule has 1 aromatic carbocycles. The van der Waals surface area contributed by atoms with Crippen molar-refractivity contribution in [1.29, 1.82) is 0 Å². The summed E-state index contributed by atoms with van der Waals surface area (Å²) in [6.07, 6.45) is 3.35. The van der Waals surface area contributed by atoms with E-state index in [0.29, 0.717) is 10.9 Å². The Labute approximate surface area is 115 Å². The Hall–Kier alpha value is -1.92. The summed E-state index contributed by atoms with van der Waals surface area (Å²) in [5.74, 6) is 5.25. The van der Waals surface area contributed by atoms with Crippen LogP contribution in [0.3, 0.4) is 0 Å². The fourth-order valence-electron chi connectivity index (χ4n) is 1.63. The van der Waals surface area contributed by atoms with Crippen molar-refractivity contribution >= 4 is 17.7 Å². The van der Waals surface area contributed by atoms with Crippen LogP contribution >= 0.6 is 11.8 Å². The summed E-state index contributed by atoms with van der Waals surface area (Å²) in [4.78, 5) is 20.1. The van der Waals surface area contributed by atoms with Gasteiger partial charge in [-0.05, 0) is 11.6 Å². The van der Waals surface area contributed by atoms with E-state index in [1.165, 1.54) is 11.8 Å². The molecule has 0 aliphatic carbocycles. The van der Waals surface area contributed by atoms with Gasteiger partial charge in [0, 0.05) is 18.1 Å². The van der Waals surface area contributed by atoms with Crippen LogP contribution in [0.4, 0.5) is 0 Å². The van der Waals surface area contributed by atoms with E-state index in [1.54, 1.807) is 18.5 Å². The Morgan fingerprint density at radius 3 is 2.53 bits per heavy atom. The number of nitrogens with two attached hydrogens (primary N) is 1. The zero-order valence-electron chi connectivity index (χ0n) is 10.2. The molecule has 0 radical (unpaired) electrons. The van der Waals surface area contributed by atoms with E-state index in [9.17, 15) is 4.79 Å². The molecule has 0 bridgehead atoms. The maximum absolute atomic E-state index is 11.8. The second-order valence-electron chi connectivity index (χ2n) is 3.81. The molecule has 19 heavy (non-hydrogen) atoms. The predicted molar refractivity (Wildman–Crippen MR) is 74.3 cm³/mol. The fraction of sp³-hybridized carbons (Fsp3) is 0.154. The molecule has 0 saturated heterocycles. The van der Waals surface area contributed by atoms with Crippen molar-refractivity contribution in [3.8, 4) is 0 Å². The first-order chi connectivity index (χ1) is 9.31. The van der Waals surface area contributed by atoms with Gasteiger partial charge < -0.3 is 0 Å². The van der Waals surface area contributed by atoms with Crippen LogP contribution in [0, 0.1) is 0 Å². The van der Waals surface area contributed by atoms with Crippen molar-refractivity contribution in [2.24, 2.45) is 5.84 Å². The third-order valence-electron chi connectivity index (χ3n) is 2.58. The lowest BCUT2D eigenvalue weighted by molar-refractivity contribution is -0.122. The second kappa shape index (κ2) is 6.86. The van der Waals surface area contributed by atoms with Crippen molar-refractivity contribution in [3.05, 3.63) is 54.4 Å². The van der Waals surface area contributed by atoms with Gasteiger partial charge in [0.1, 0.15) is 0 Å². The van der Waals surface area contributed by atoms with E-state index < -0.39 is 0 Å². The van der Waals surface area contributed by atoms with E-state index in [1.807, 2.05) is 30.3 Å². The van der Waals surface area contributed by atoms with Gasteiger partial charge in [0.25, 0.3) is 0 Å². The summed E-state index contributed by atoms with van der Waals surface area (Å²) in [6, 6.07) is 11.3. The van der Waals surface area contributed by atoms with Gasteiger partial charge in [0.05, 0.1) is 5.92 Å². The van der Waals surface area contributed by atoms with Crippen LogP contribution in [-0.2, 0) is 4.79 Å². The lowest BCUT2D eigenvalue weighted by Gasteiger charge is -2.14. The average molecular weight is 274 g/mol. The smallest absolute Gasteiger partial charge is 0.242 e. The second-order valence-corrected chi connectivity index (χ2v) is 4.80. The number of carbonyl (C=O) groups is 1. The molecule has 0 spiro atoms. The Balaban J connectivity index is 2.09. The molecule has 6 heteroatoms. The molecule has 98 valence electrons. The molecule has 0 aliphatic heterocycles. The third-order valence-corrected chi connectivity index (χ3v) is 3.55. The topological polar surface area (TPSA) is 80.9 Å². The number of amides is 1. The van der Waals surface area contributed by atoms with E-state index in [-0.39, 0.29) is 11.8 Å². The number of benzene rings is 1. The fourth-order valence-corrected chi connectivity index (χ4v) is 2.56. The van der Waals surface area contributed by atoms with Crippen molar-refractivity contribution in [3.63, 3.8) is 0 Å². The summed E-state index contributed by atoms with van der Waals surface area (Å²) in [7, 11) is 0. The molecule has 3 N–H and O–H groups in total. The molecule has 1 atom stereocenters. The number of rotatable bonds is 5. The van der Waals surface area contributed by atoms with E-state index >= 15 is 0 Å². The Morgan fingerprint density at radius 2 is 1.89 bits per heavy atom. The number of hydrazine groups is 1. The zero-order chi connectivity index (χ0) is 13.5. The maximum atomic E-state index is 11.8. The maximum Gasteiger partial charge on any atom is 0.242 e. The molecule has 1 aromatic heterocycles. The van der Waals surface area contributed by atoms with Crippen LogP contribution in [0.2, 0.25) is 0 Å². The highest BCUT2D eigenvalue weighted by atomic mass is 32.2. The van der Waals surface area contributed by atoms with Gasteiger partial charge in [-0.25, -0.2) is 15.8 Å². The molecular formula is C13H14N4OS. The number of thioether (sulfide) groups is 1. The Bertz CT molecular complexity index is 521. The molecule has 1 unspecified atom stereocenters. The summed E-state index contributed by atoms with van der Waals surface area (Å²) < 4.78 is 0. The minimum absolute atomic E-state index is 0.213. The SMILES string of the molecule is NNC(=O)C(CSc1ncccn1)c1ccccc1. The van der Waals surface area contributed by atoms with Crippen molar-refractivity contribution in [2.75, 3.05) is 5.75 Å². The van der Waals surface area contributed by atoms with Crippen molar-refractivity contribution in [2.45, 2.75) is 11.1 Å². The highest BCUT2D eigenvalue weighted by Gasteiger charge is 2.20. The predicted octanol–water partition coefficient (Wildman–Crippen LogP) is 1.34. The number of hydrogen-bond donors (Lipinski definition) is 2. The molecular weight excluding hydrogens is 260 g/mol. The highest BCUT2D eigenvalue weighted by molar-refractivity contribution is 7.99. The lowest BCUT2D eigenvalue weighted by atomic mass is 10.0. The summed E-state index contributed by atoms with van der Waals surface area (Å²) in [5, 5.41) is 0.647. The van der Waals surface area contributed by atoms with Crippen LogP contribution in [0.1, 0.15) is 11.5 Å². The van der Waals surface area contributed by atoms with E-state index in [4.69, 9.17) is 5.84 Å². The first-order valence-corrected chi connectivity index (χ1v) is 6.75. The summed E-state index contributed by atoms with van der Waals surface area (Å²) in [6.45, 7) is 0. The van der Waals surface area contributed by atoms with Gasteiger partial charge >= 0.3 is 0 Å². The monoisotopic (exact) mass is 274 g/mol. The number of aromatic nitrogens is 2. The summed E-state index contributed by atoms with van der Waals surface area (Å²) in [5.41, 5.74) is 3.13. The molecule has 2 rings (SSSR count). The molecule has 0 fully saturated rings. The molecule has 0 aliphatic rings. The van der Waals surface area contributed by atoms with Gasteiger partial charge in [-0.3, -0.25) is 10.2 Å². The first kappa shape index (κ1) is 13.5. The quantitative estimate of drug-likeness (QED) is 0.283. The van der Waals surface area contributed by atoms with Crippen LogP contribution < -0.4 is 11.3 Å². The van der Waals surface area contributed by atoms with Crippen LogP contribution in [-0.4, -0.2) is 21.6 Å². The molecule has 5 nitrogen and oxygen atoms in total. The standard InChI is InChI=1S/C13H14N4OS/c14-17-12(18)11(10-5-2-1-3-6-10)9-19-13-15-7-4-8-16-13/h1-8,11H,9,14H2,(H,17,18). The van der Waals surface area contributed by atoms with E-state index in [2.05, 4.69) is 15.4 Å². The number of nitrogens with zero attached hydrogens (tertiary/aromatic N) is 2. The average Bonchev–Trinajstić information content (AvgIpc) is 2.49. The number of hydrogen-bond acceptors (Lipinski definition) is 5. The molecule has 1 heterocycles. The zero-order valence-corrected chi connectivity index (χ0v) is 11.0. The van der Waals surface area contributed by atoms with Gasteiger partial charge in [0.2, 0.25) is 5.91 Å². The minimum Gasteiger partial charge on any atom is -0.294 e. The first-order valence-electron chi connectivity index (χ1n) is 5.76. The Morgan fingerprint density at radius 1 is 1.21 bits per heavy atom. The molecule has 0 saturated carbocycles. The van der Waals surface area contributed by atoms with Crippen LogP contribution in [0.25, 0.3) is 0 Å². The van der Waals surface area contributed by atoms with Gasteiger partial charge in [-0.15, -0.1) is 0 Å². The molecule has 1 amide bonds. The lowest BCUT2D eigenvalue weighted by Crippen LogP contribution is -2.35. The van der Waals surface area contributed by atoms with Crippen LogP contribution in [0.5, 0.6) is 0 Å². The van der Waals surface area contributed by atoms with Crippen molar-refractivity contribution < 1.29 is 4.79 Å². The Kier molecular flexibility index (Phi) is 4.88. The largest absolute Gasteiger partial charge is 0.294 e.